The molecule has 2 aromatic rings. The lowest BCUT2D eigenvalue weighted by atomic mass is 10.0. The molecule has 1 aromatic heterocycles. The molecule has 3 rings (SSSR count). The van der Waals surface area contributed by atoms with Crippen molar-refractivity contribution in [2.24, 2.45) is 0 Å². The smallest absolute Gasteiger partial charge is 0.341 e. The van der Waals surface area contributed by atoms with Gasteiger partial charge in [-0.3, -0.25) is 0 Å². The van der Waals surface area contributed by atoms with Gasteiger partial charge in [0.05, 0.1) is 11.2 Å². The summed E-state index contributed by atoms with van der Waals surface area (Å²) < 4.78 is 53.9. The molecule has 8 heteroatoms. The van der Waals surface area contributed by atoms with Gasteiger partial charge in [0.2, 0.25) is 9.84 Å². The van der Waals surface area contributed by atoms with E-state index in [0.29, 0.717) is 12.2 Å². The monoisotopic (exact) mass is 399 g/mol. The van der Waals surface area contributed by atoms with Gasteiger partial charge in [-0.15, -0.1) is 0 Å². The standard InChI is InChI=1S/C19H23F2NO4S/c20-19(21)27(24,25)16-9-7-14(8-10-16)22-11-3-1-2-5-15(22)13-17(23)18-6-4-12-26-18/h4,6-10,12,15,17,19,23H,1-3,5,11,13H2. The first-order chi connectivity index (χ1) is 12.9. The van der Waals surface area contributed by atoms with E-state index in [-0.39, 0.29) is 10.9 Å². The second-order valence-corrected chi connectivity index (χ2v) is 8.68. The molecule has 0 radical (unpaired) electrons. The average molecular weight is 399 g/mol. The second kappa shape index (κ2) is 8.39. The van der Waals surface area contributed by atoms with Crippen LogP contribution in [0.4, 0.5) is 14.5 Å². The molecular weight excluding hydrogens is 376 g/mol. The molecule has 5 nitrogen and oxygen atoms in total. The van der Waals surface area contributed by atoms with Crippen LogP contribution in [0.15, 0.2) is 52.0 Å². The van der Waals surface area contributed by atoms with Gasteiger partial charge >= 0.3 is 5.76 Å². The van der Waals surface area contributed by atoms with E-state index in [9.17, 15) is 22.3 Å². The Morgan fingerprint density at radius 3 is 2.52 bits per heavy atom. The first kappa shape index (κ1) is 19.8. The van der Waals surface area contributed by atoms with Crippen molar-refractivity contribution in [3.63, 3.8) is 0 Å². The molecule has 1 N–H and O–H groups in total. The number of nitrogens with zero attached hydrogens (tertiary/aromatic N) is 1. The van der Waals surface area contributed by atoms with Crippen LogP contribution in [0.1, 0.15) is 44.0 Å². The summed E-state index contributed by atoms with van der Waals surface area (Å²) in [7, 11) is -4.60. The number of hydrogen-bond acceptors (Lipinski definition) is 5. The highest BCUT2D eigenvalue weighted by molar-refractivity contribution is 7.91. The summed E-state index contributed by atoms with van der Waals surface area (Å²) in [6.07, 6.45) is 5.23. The van der Waals surface area contributed by atoms with Crippen LogP contribution < -0.4 is 4.90 Å². The molecule has 1 aromatic carbocycles. The molecule has 0 amide bonds. The van der Waals surface area contributed by atoms with E-state index in [2.05, 4.69) is 4.90 Å². The Balaban J connectivity index is 1.81. The largest absolute Gasteiger partial charge is 0.467 e. The van der Waals surface area contributed by atoms with Crippen molar-refractivity contribution in [3.8, 4) is 0 Å². The predicted octanol–water partition coefficient (Wildman–Crippen LogP) is 4.15. The van der Waals surface area contributed by atoms with Gasteiger partial charge in [0.15, 0.2) is 0 Å². The number of benzene rings is 1. The summed E-state index contributed by atoms with van der Waals surface area (Å²) in [5.41, 5.74) is 0.766. The Hall–Kier alpha value is -1.93. The van der Waals surface area contributed by atoms with E-state index in [0.717, 1.165) is 37.9 Å². The molecule has 1 fully saturated rings. The fourth-order valence-electron chi connectivity index (χ4n) is 3.55. The summed E-state index contributed by atoms with van der Waals surface area (Å²) in [5.74, 6) is -2.92. The van der Waals surface area contributed by atoms with E-state index in [1.54, 1.807) is 24.3 Å². The highest BCUT2D eigenvalue weighted by Crippen LogP contribution is 2.31. The summed E-state index contributed by atoms with van der Waals surface area (Å²) in [6.45, 7) is 0.760. The third-order valence-electron chi connectivity index (χ3n) is 4.98. The minimum absolute atomic E-state index is 0.0464. The Bertz CT molecular complexity index is 822. The molecule has 1 saturated heterocycles. The van der Waals surface area contributed by atoms with Crippen LogP contribution in [0, 0.1) is 0 Å². The molecule has 148 valence electrons. The van der Waals surface area contributed by atoms with Gasteiger partial charge in [-0.05, 0) is 49.2 Å². The van der Waals surface area contributed by atoms with Crippen LogP contribution >= 0.6 is 0 Å². The number of sulfone groups is 1. The summed E-state index contributed by atoms with van der Waals surface area (Å²) in [4.78, 5) is 1.74. The molecule has 2 atom stereocenters. The van der Waals surface area contributed by atoms with E-state index >= 15 is 0 Å². The fraction of sp³-hybridized carbons (Fsp3) is 0.474. The van der Waals surface area contributed by atoms with Gasteiger partial charge in [-0.2, -0.15) is 8.78 Å². The first-order valence-electron chi connectivity index (χ1n) is 9.00. The number of anilines is 1. The summed E-state index contributed by atoms with van der Waals surface area (Å²) in [6, 6.07) is 9.08. The lowest BCUT2D eigenvalue weighted by Crippen LogP contribution is -2.36. The summed E-state index contributed by atoms with van der Waals surface area (Å²) in [5, 5.41) is 10.4. The minimum atomic E-state index is -4.60. The number of furan rings is 1. The zero-order valence-electron chi connectivity index (χ0n) is 14.8. The van der Waals surface area contributed by atoms with Gasteiger partial charge < -0.3 is 14.4 Å². The Morgan fingerprint density at radius 2 is 1.89 bits per heavy atom. The van der Waals surface area contributed by atoms with Crippen LogP contribution in [0.2, 0.25) is 0 Å². The zero-order valence-corrected chi connectivity index (χ0v) is 15.6. The van der Waals surface area contributed by atoms with Gasteiger partial charge in [0, 0.05) is 24.7 Å². The van der Waals surface area contributed by atoms with Gasteiger partial charge in [-0.25, -0.2) is 8.42 Å². The number of halogens is 2. The third-order valence-corrected chi connectivity index (χ3v) is 6.37. The number of rotatable bonds is 6. The number of alkyl halides is 2. The quantitative estimate of drug-likeness (QED) is 0.790. The minimum Gasteiger partial charge on any atom is -0.467 e. The molecule has 27 heavy (non-hydrogen) atoms. The highest BCUT2D eigenvalue weighted by Gasteiger charge is 2.28. The van der Waals surface area contributed by atoms with Gasteiger partial charge in [0.1, 0.15) is 11.9 Å². The van der Waals surface area contributed by atoms with Crippen LogP contribution in [0.3, 0.4) is 0 Å². The molecule has 1 aliphatic heterocycles. The Kier molecular flexibility index (Phi) is 6.16. The van der Waals surface area contributed by atoms with Crippen molar-refractivity contribution in [1.29, 1.82) is 0 Å². The van der Waals surface area contributed by atoms with Crippen molar-refractivity contribution < 1.29 is 26.7 Å². The highest BCUT2D eigenvalue weighted by atomic mass is 32.2. The van der Waals surface area contributed by atoms with Gasteiger partial charge in [0.25, 0.3) is 0 Å². The van der Waals surface area contributed by atoms with Crippen molar-refractivity contribution >= 4 is 15.5 Å². The topological polar surface area (TPSA) is 70.8 Å². The maximum atomic E-state index is 12.7. The second-order valence-electron chi connectivity index (χ2n) is 6.76. The van der Waals surface area contributed by atoms with Crippen LogP contribution in [0.5, 0.6) is 0 Å². The Labute approximate surface area is 157 Å². The maximum Gasteiger partial charge on any atom is 0.341 e. The molecule has 0 aliphatic carbocycles. The normalized spacial score (nSPS) is 19.9. The summed E-state index contributed by atoms with van der Waals surface area (Å²) >= 11 is 0. The average Bonchev–Trinajstić information content (AvgIpc) is 3.09. The fourth-order valence-corrected chi connectivity index (χ4v) is 4.27. The number of aliphatic hydroxyl groups excluding tert-OH is 1. The van der Waals surface area contributed by atoms with Crippen LogP contribution in [-0.4, -0.2) is 31.9 Å². The number of hydrogen-bond donors (Lipinski definition) is 1. The van der Waals surface area contributed by atoms with E-state index in [1.165, 1.54) is 18.4 Å². The molecule has 0 saturated carbocycles. The van der Waals surface area contributed by atoms with Crippen molar-refractivity contribution in [1.82, 2.24) is 0 Å². The van der Waals surface area contributed by atoms with E-state index in [4.69, 9.17) is 4.42 Å². The molecule has 2 heterocycles. The molecule has 1 aliphatic rings. The van der Waals surface area contributed by atoms with Crippen molar-refractivity contribution in [3.05, 3.63) is 48.4 Å². The van der Waals surface area contributed by atoms with Gasteiger partial charge in [-0.1, -0.05) is 12.8 Å². The first-order valence-corrected chi connectivity index (χ1v) is 10.5. The molecule has 0 bridgehead atoms. The van der Waals surface area contributed by atoms with Crippen molar-refractivity contribution in [2.75, 3.05) is 11.4 Å². The predicted molar refractivity (Wildman–Crippen MR) is 97.5 cm³/mol. The maximum absolute atomic E-state index is 12.7. The van der Waals surface area contributed by atoms with Crippen molar-refractivity contribution in [2.45, 2.75) is 54.9 Å². The Morgan fingerprint density at radius 1 is 1.15 bits per heavy atom. The third kappa shape index (κ3) is 4.50. The molecular formula is C19H23F2NO4S. The van der Waals surface area contributed by atoms with Crippen LogP contribution in [-0.2, 0) is 9.84 Å². The lowest BCUT2D eigenvalue weighted by molar-refractivity contribution is 0.129. The zero-order chi connectivity index (χ0) is 19.4. The van der Waals surface area contributed by atoms with E-state index < -0.39 is 21.7 Å². The van der Waals surface area contributed by atoms with Crippen LogP contribution in [0.25, 0.3) is 0 Å². The lowest BCUT2D eigenvalue weighted by Gasteiger charge is -2.33. The van der Waals surface area contributed by atoms with E-state index in [1.807, 2.05) is 0 Å². The molecule has 0 spiro atoms. The molecule has 2 unspecified atom stereocenters. The SMILES string of the molecule is O=S(=O)(c1ccc(N2CCCCCC2CC(O)c2ccco2)cc1)C(F)F. The number of aliphatic hydroxyl groups is 1.